The fourth-order valence-electron chi connectivity index (χ4n) is 3.74. The van der Waals surface area contributed by atoms with Crippen LogP contribution in [0, 0.1) is 11.8 Å². The van der Waals surface area contributed by atoms with Crippen molar-refractivity contribution in [1.82, 2.24) is 0 Å². The zero-order valence-corrected chi connectivity index (χ0v) is 12.6. The lowest BCUT2D eigenvalue weighted by Gasteiger charge is -2.29. The first-order chi connectivity index (χ1) is 9.20. The van der Waals surface area contributed by atoms with Crippen molar-refractivity contribution in [2.75, 3.05) is 13.7 Å². The predicted octanol–water partition coefficient (Wildman–Crippen LogP) is 1.03. The summed E-state index contributed by atoms with van der Waals surface area (Å²) in [5.41, 5.74) is 1.34. The van der Waals surface area contributed by atoms with Gasteiger partial charge >= 0.3 is 5.97 Å². The molecule has 2 fully saturated rings. The van der Waals surface area contributed by atoms with Crippen molar-refractivity contribution in [1.29, 1.82) is 0 Å². The third-order valence-corrected chi connectivity index (χ3v) is 5.87. The van der Waals surface area contributed by atoms with Gasteiger partial charge in [0.2, 0.25) is 0 Å². The number of esters is 1. The topological polar surface area (TPSA) is 30.7 Å². The van der Waals surface area contributed by atoms with E-state index >= 15 is 0 Å². The molecule has 5 atom stereocenters. The number of fused-ring (bicyclic) bond motifs is 2. The fraction of sp³-hybridized carbons (Fsp3) is 0.533. The zero-order valence-electron chi connectivity index (χ0n) is 11.0. The zero-order chi connectivity index (χ0) is 13.4. The second-order valence-electron chi connectivity index (χ2n) is 5.62. The maximum atomic E-state index is 11.9. The largest absolute Gasteiger partial charge is 0.469 e. The molecular formula is C15H19BrNO2+. The highest BCUT2D eigenvalue weighted by Gasteiger charge is 2.57. The molecule has 4 heteroatoms. The summed E-state index contributed by atoms with van der Waals surface area (Å²) in [5.74, 6) is 0.627. The molecular weight excluding hydrogens is 306 g/mol. The Bertz CT molecular complexity index is 464. The summed E-state index contributed by atoms with van der Waals surface area (Å²) >= 11 is 3.79. The number of likely N-dealkylation sites (tertiary alicyclic amines) is 1. The van der Waals surface area contributed by atoms with Gasteiger partial charge in [0.25, 0.3) is 0 Å². The second-order valence-corrected chi connectivity index (χ2v) is 6.68. The minimum atomic E-state index is -0.0396. The van der Waals surface area contributed by atoms with Gasteiger partial charge in [0.1, 0.15) is 18.5 Å². The molecule has 2 bridgehead atoms. The number of piperidine rings is 1. The summed E-state index contributed by atoms with van der Waals surface area (Å²) in [7, 11) is 1.49. The molecule has 0 amide bonds. The lowest BCUT2D eigenvalue weighted by atomic mass is 9.98. The molecule has 102 valence electrons. The van der Waals surface area contributed by atoms with Crippen LogP contribution in [0.4, 0.5) is 0 Å². The number of carbonyl (C=O) groups is 1. The van der Waals surface area contributed by atoms with E-state index in [1.807, 2.05) is 6.07 Å². The van der Waals surface area contributed by atoms with Crippen molar-refractivity contribution in [3.8, 4) is 0 Å². The summed E-state index contributed by atoms with van der Waals surface area (Å²) in [4.78, 5) is 13.9. The van der Waals surface area contributed by atoms with E-state index in [1.54, 1.807) is 0 Å². The molecule has 1 saturated heterocycles. The molecule has 2 aliphatic rings. The van der Waals surface area contributed by atoms with Crippen LogP contribution in [0.25, 0.3) is 0 Å². The van der Waals surface area contributed by atoms with E-state index in [9.17, 15) is 4.79 Å². The normalized spacial score (nSPS) is 36.4. The van der Waals surface area contributed by atoms with Gasteiger partial charge in [-0.3, -0.25) is 4.79 Å². The third-order valence-electron chi connectivity index (χ3n) is 4.56. The summed E-state index contributed by atoms with van der Waals surface area (Å²) in [5, 5.41) is 0. The SMILES string of the molecule is COC(=O)[C@@H]1C[C@H]2C[NH+](Cc3ccccc3)[C@@H]1[C@@H]2Br. The molecule has 1 aliphatic carbocycles. The molecule has 19 heavy (non-hydrogen) atoms. The van der Waals surface area contributed by atoms with Crippen LogP contribution >= 0.6 is 15.9 Å². The first kappa shape index (κ1) is 13.1. The van der Waals surface area contributed by atoms with Crippen LogP contribution in [0.1, 0.15) is 12.0 Å². The van der Waals surface area contributed by atoms with Crippen molar-refractivity contribution >= 4 is 21.9 Å². The number of ether oxygens (including phenoxy) is 1. The molecule has 1 aliphatic heterocycles. The Morgan fingerprint density at radius 1 is 1.42 bits per heavy atom. The molecule has 0 aromatic heterocycles. The number of carbonyl (C=O) groups excluding carboxylic acids is 1. The first-order valence-corrected chi connectivity index (χ1v) is 7.72. The molecule has 3 rings (SSSR count). The molecule has 0 spiro atoms. The van der Waals surface area contributed by atoms with Gasteiger partial charge in [0.15, 0.2) is 0 Å². The van der Waals surface area contributed by atoms with Gasteiger partial charge in [-0.05, 0) is 6.42 Å². The lowest BCUT2D eigenvalue weighted by molar-refractivity contribution is -0.933. The smallest absolute Gasteiger partial charge is 0.314 e. The molecule has 1 aromatic carbocycles. The summed E-state index contributed by atoms with van der Waals surface area (Å²) in [6, 6.07) is 10.9. The fourth-order valence-corrected chi connectivity index (χ4v) is 4.88. The maximum Gasteiger partial charge on any atom is 0.314 e. The van der Waals surface area contributed by atoms with Crippen LogP contribution in [-0.2, 0) is 16.1 Å². The number of methoxy groups -OCH3 is 1. The Kier molecular flexibility index (Phi) is 3.63. The quantitative estimate of drug-likeness (QED) is 0.665. The van der Waals surface area contributed by atoms with Crippen molar-refractivity contribution < 1.29 is 14.4 Å². The van der Waals surface area contributed by atoms with Gasteiger partial charge in [0, 0.05) is 11.5 Å². The van der Waals surface area contributed by atoms with E-state index in [0.717, 1.165) is 19.5 Å². The van der Waals surface area contributed by atoms with Gasteiger partial charge in [-0.15, -0.1) is 0 Å². The monoisotopic (exact) mass is 324 g/mol. The molecule has 3 nitrogen and oxygen atoms in total. The van der Waals surface area contributed by atoms with Gasteiger partial charge in [-0.2, -0.15) is 0 Å². The number of quaternary nitrogens is 1. The van der Waals surface area contributed by atoms with E-state index in [4.69, 9.17) is 4.74 Å². The minimum Gasteiger partial charge on any atom is -0.469 e. The highest BCUT2D eigenvalue weighted by molar-refractivity contribution is 9.09. The number of hydrogen-bond acceptors (Lipinski definition) is 2. The van der Waals surface area contributed by atoms with Crippen molar-refractivity contribution in [2.24, 2.45) is 11.8 Å². The van der Waals surface area contributed by atoms with Crippen molar-refractivity contribution in [2.45, 2.75) is 23.8 Å². The van der Waals surface area contributed by atoms with Crippen LogP contribution in [0.3, 0.4) is 0 Å². The Hall–Kier alpha value is -0.870. The van der Waals surface area contributed by atoms with Crippen LogP contribution < -0.4 is 4.90 Å². The summed E-state index contributed by atoms with van der Waals surface area (Å²) in [6.45, 7) is 2.15. The van der Waals surface area contributed by atoms with Crippen LogP contribution in [0.15, 0.2) is 30.3 Å². The van der Waals surface area contributed by atoms with Gasteiger partial charge in [-0.25, -0.2) is 0 Å². The standard InChI is InChI=1S/C15H18BrNO2/c1-19-15(18)12-7-11-9-17(14(12)13(11)16)8-10-5-3-2-4-6-10/h2-6,11-14H,7-9H2,1H3/p+1/t11-,12+,13+,14-/m0/s1. The van der Waals surface area contributed by atoms with Crippen LogP contribution in [0.5, 0.6) is 0 Å². The van der Waals surface area contributed by atoms with E-state index in [1.165, 1.54) is 17.6 Å². The number of halogens is 1. The number of nitrogens with one attached hydrogen (secondary N) is 1. The van der Waals surface area contributed by atoms with Gasteiger partial charge < -0.3 is 9.64 Å². The average molecular weight is 325 g/mol. The number of benzene rings is 1. The highest BCUT2D eigenvalue weighted by Crippen LogP contribution is 2.39. The molecule has 0 radical (unpaired) electrons. The van der Waals surface area contributed by atoms with Crippen LogP contribution in [0.2, 0.25) is 0 Å². The summed E-state index contributed by atoms with van der Waals surface area (Å²) < 4.78 is 4.96. The first-order valence-electron chi connectivity index (χ1n) is 6.81. The van der Waals surface area contributed by atoms with Crippen molar-refractivity contribution in [3.63, 3.8) is 0 Å². The van der Waals surface area contributed by atoms with Crippen molar-refractivity contribution in [3.05, 3.63) is 35.9 Å². The third kappa shape index (κ3) is 2.32. The number of rotatable bonds is 3. The van der Waals surface area contributed by atoms with Crippen LogP contribution in [-0.4, -0.2) is 30.5 Å². The Morgan fingerprint density at radius 2 is 2.16 bits per heavy atom. The van der Waals surface area contributed by atoms with Gasteiger partial charge in [-0.1, -0.05) is 46.3 Å². The van der Waals surface area contributed by atoms with Gasteiger partial charge in [0.05, 0.1) is 18.5 Å². The minimum absolute atomic E-state index is 0.0396. The Morgan fingerprint density at radius 3 is 2.79 bits per heavy atom. The lowest BCUT2D eigenvalue weighted by Crippen LogP contribution is -3.14. The molecule has 1 heterocycles. The Balaban J connectivity index is 1.76. The maximum absolute atomic E-state index is 11.9. The predicted molar refractivity (Wildman–Crippen MR) is 76.1 cm³/mol. The molecule has 1 saturated carbocycles. The van der Waals surface area contributed by atoms with E-state index in [0.29, 0.717) is 16.8 Å². The average Bonchev–Trinajstić information content (AvgIpc) is 2.91. The number of alkyl halides is 1. The molecule has 1 N–H and O–H groups in total. The van der Waals surface area contributed by atoms with E-state index < -0.39 is 0 Å². The second kappa shape index (κ2) is 5.25. The molecule has 1 unspecified atom stereocenters. The Labute approximate surface area is 122 Å². The number of hydrogen-bond donors (Lipinski definition) is 1. The van der Waals surface area contributed by atoms with E-state index in [-0.39, 0.29) is 11.9 Å². The summed E-state index contributed by atoms with van der Waals surface area (Å²) in [6.07, 6.45) is 0.978. The molecule has 1 aromatic rings. The van der Waals surface area contributed by atoms with E-state index in [2.05, 4.69) is 40.2 Å². The highest BCUT2D eigenvalue weighted by atomic mass is 79.9.